The topological polar surface area (TPSA) is 59.1 Å². The molecule has 1 aromatic rings. The van der Waals surface area contributed by atoms with Gasteiger partial charge >= 0.3 is 12.0 Å². The van der Waals surface area contributed by atoms with Crippen LogP contribution in [0, 0.1) is 0 Å². The molecule has 0 spiro atoms. The van der Waals surface area contributed by atoms with Crippen molar-refractivity contribution in [2.75, 3.05) is 21.2 Å². The lowest BCUT2D eigenvalue weighted by atomic mass is 10.2. The fourth-order valence-corrected chi connectivity index (χ4v) is 1.02. The highest BCUT2D eigenvalue weighted by Gasteiger charge is 2.21. The molecule has 0 atom stereocenters. The first-order valence-corrected chi connectivity index (χ1v) is 4.89. The molecule has 0 aliphatic rings. The van der Waals surface area contributed by atoms with Gasteiger partial charge in [-0.05, 0) is 17.4 Å². The maximum Gasteiger partial charge on any atom is 0.379 e. The number of urea groups is 1. The Morgan fingerprint density at radius 3 is 2.18 bits per heavy atom. The van der Waals surface area contributed by atoms with Gasteiger partial charge in [0, 0.05) is 14.1 Å². The summed E-state index contributed by atoms with van der Waals surface area (Å²) in [6.45, 7) is 0. The fraction of sp³-hybridized carbons (Fsp3) is 0.273. The highest BCUT2D eigenvalue weighted by atomic mass is 17.0. The van der Waals surface area contributed by atoms with Crippen molar-refractivity contribution < 1.29 is 19.3 Å². The zero-order valence-corrected chi connectivity index (χ0v) is 9.91. The summed E-state index contributed by atoms with van der Waals surface area (Å²) in [4.78, 5) is 33.8. The van der Waals surface area contributed by atoms with E-state index < -0.39 is 12.0 Å². The van der Waals surface area contributed by atoms with Gasteiger partial charge in [0.1, 0.15) is 0 Å². The molecule has 0 fully saturated rings. The van der Waals surface area contributed by atoms with Crippen molar-refractivity contribution in [2.24, 2.45) is 0 Å². The van der Waals surface area contributed by atoms with Gasteiger partial charge in [0.05, 0.1) is 12.7 Å². The third-order valence-corrected chi connectivity index (χ3v) is 1.88. The SMILES string of the molecule is CON(OC(=O)c1ccccc1)C(=O)N(C)C. The molecule has 17 heavy (non-hydrogen) atoms. The maximum absolute atomic E-state index is 11.6. The number of hydroxylamine groups is 2. The molecule has 0 N–H and O–H groups in total. The minimum Gasteiger partial charge on any atom is -0.326 e. The summed E-state index contributed by atoms with van der Waals surface area (Å²) in [6.07, 6.45) is 0. The van der Waals surface area contributed by atoms with Gasteiger partial charge in [-0.3, -0.25) is 0 Å². The minimum absolute atomic E-state index is 0.334. The lowest BCUT2D eigenvalue weighted by molar-refractivity contribution is -0.280. The summed E-state index contributed by atoms with van der Waals surface area (Å²) in [6, 6.07) is 7.74. The molecule has 0 saturated heterocycles. The molecule has 1 rings (SSSR count). The van der Waals surface area contributed by atoms with Crippen molar-refractivity contribution in [3.8, 4) is 0 Å². The molecule has 0 aromatic heterocycles. The van der Waals surface area contributed by atoms with E-state index in [4.69, 9.17) is 4.84 Å². The molecular formula is C11H14N2O4. The van der Waals surface area contributed by atoms with Crippen LogP contribution in [0.2, 0.25) is 0 Å². The van der Waals surface area contributed by atoms with Crippen LogP contribution in [0.4, 0.5) is 4.79 Å². The average Bonchev–Trinajstić information content (AvgIpc) is 2.35. The Morgan fingerprint density at radius 2 is 1.71 bits per heavy atom. The first-order valence-electron chi connectivity index (χ1n) is 4.89. The molecule has 0 saturated carbocycles. The lowest BCUT2D eigenvalue weighted by Crippen LogP contribution is -2.39. The summed E-state index contributed by atoms with van der Waals surface area (Å²) < 4.78 is 0. The Labute approximate surface area is 99.2 Å². The molecule has 0 radical (unpaired) electrons. The van der Waals surface area contributed by atoms with Gasteiger partial charge in [0.15, 0.2) is 0 Å². The van der Waals surface area contributed by atoms with Crippen LogP contribution in [-0.4, -0.2) is 43.3 Å². The molecule has 6 heteroatoms. The van der Waals surface area contributed by atoms with E-state index in [0.717, 1.165) is 0 Å². The molecule has 0 aliphatic carbocycles. The Morgan fingerprint density at radius 1 is 1.12 bits per heavy atom. The van der Waals surface area contributed by atoms with Crippen LogP contribution in [0.1, 0.15) is 10.4 Å². The number of carbonyl (C=O) groups excluding carboxylic acids is 2. The zero-order valence-electron chi connectivity index (χ0n) is 9.91. The first kappa shape index (κ1) is 13.0. The summed E-state index contributed by atoms with van der Waals surface area (Å²) in [7, 11) is 4.27. The van der Waals surface area contributed by atoms with Gasteiger partial charge in [-0.25, -0.2) is 14.4 Å². The van der Waals surface area contributed by atoms with Crippen LogP contribution in [0.5, 0.6) is 0 Å². The van der Waals surface area contributed by atoms with E-state index in [9.17, 15) is 9.59 Å². The largest absolute Gasteiger partial charge is 0.379 e. The Bertz CT molecular complexity index is 392. The van der Waals surface area contributed by atoms with Crippen molar-refractivity contribution in [3.05, 3.63) is 35.9 Å². The second-order valence-corrected chi connectivity index (χ2v) is 3.36. The fourth-order valence-electron chi connectivity index (χ4n) is 1.02. The summed E-state index contributed by atoms with van der Waals surface area (Å²) >= 11 is 0. The number of amides is 2. The summed E-state index contributed by atoms with van der Waals surface area (Å²) in [5, 5.41) is 0.523. The second-order valence-electron chi connectivity index (χ2n) is 3.36. The third-order valence-electron chi connectivity index (χ3n) is 1.88. The Kier molecular flexibility index (Phi) is 4.47. The summed E-state index contributed by atoms with van der Waals surface area (Å²) in [5.74, 6) is -0.664. The van der Waals surface area contributed by atoms with Crippen LogP contribution in [-0.2, 0) is 9.68 Å². The van der Waals surface area contributed by atoms with Crippen molar-refractivity contribution in [3.63, 3.8) is 0 Å². The molecule has 6 nitrogen and oxygen atoms in total. The number of benzene rings is 1. The molecular weight excluding hydrogens is 224 g/mol. The van der Waals surface area contributed by atoms with Gasteiger partial charge < -0.3 is 9.74 Å². The first-order chi connectivity index (χ1) is 8.06. The van der Waals surface area contributed by atoms with E-state index >= 15 is 0 Å². The van der Waals surface area contributed by atoms with Crippen LogP contribution in [0.25, 0.3) is 0 Å². The summed E-state index contributed by atoms with van der Waals surface area (Å²) in [5.41, 5.74) is 0.334. The van der Waals surface area contributed by atoms with Gasteiger partial charge in [-0.1, -0.05) is 18.2 Å². The zero-order chi connectivity index (χ0) is 12.8. The van der Waals surface area contributed by atoms with E-state index in [-0.39, 0.29) is 0 Å². The van der Waals surface area contributed by atoms with Gasteiger partial charge in [-0.2, -0.15) is 0 Å². The number of nitrogens with zero attached hydrogens (tertiary/aromatic N) is 2. The number of carbonyl (C=O) groups is 2. The predicted octanol–water partition coefficient (Wildman–Crippen LogP) is 1.30. The van der Waals surface area contributed by atoms with Gasteiger partial charge in [0.2, 0.25) is 0 Å². The monoisotopic (exact) mass is 238 g/mol. The van der Waals surface area contributed by atoms with E-state index in [1.165, 1.54) is 26.1 Å². The highest BCUT2D eigenvalue weighted by molar-refractivity contribution is 5.90. The normalized spacial score (nSPS) is 9.59. The molecule has 0 unspecified atom stereocenters. The molecule has 92 valence electrons. The Balaban J connectivity index is 2.70. The van der Waals surface area contributed by atoms with Crippen LogP contribution in [0.3, 0.4) is 0 Å². The molecule has 2 amide bonds. The lowest BCUT2D eigenvalue weighted by Gasteiger charge is -2.21. The van der Waals surface area contributed by atoms with Gasteiger partial charge in [-0.15, -0.1) is 0 Å². The minimum atomic E-state index is -0.664. The standard InChI is InChI=1S/C11H14N2O4/c1-12(2)11(15)13(16-3)17-10(14)9-7-5-4-6-8-9/h4-8H,1-3H3. The van der Waals surface area contributed by atoms with Crippen LogP contribution >= 0.6 is 0 Å². The predicted molar refractivity (Wildman–Crippen MR) is 59.8 cm³/mol. The van der Waals surface area contributed by atoms with Crippen LogP contribution < -0.4 is 0 Å². The number of rotatable bonds is 2. The van der Waals surface area contributed by atoms with Gasteiger partial charge in [0.25, 0.3) is 0 Å². The third kappa shape index (κ3) is 3.46. The molecule has 1 aromatic carbocycles. The number of hydrogen-bond acceptors (Lipinski definition) is 4. The molecule has 0 aliphatic heterocycles. The maximum atomic E-state index is 11.6. The van der Waals surface area contributed by atoms with E-state index in [1.54, 1.807) is 30.3 Å². The average molecular weight is 238 g/mol. The van der Waals surface area contributed by atoms with Crippen molar-refractivity contribution in [2.45, 2.75) is 0 Å². The highest BCUT2D eigenvalue weighted by Crippen LogP contribution is 2.05. The Hall–Kier alpha value is -2.08. The van der Waals surface area contributed by atoms with Crippen molar-refractivity contribution >= 4 is 12.0 Å². The van der Waals surface area contributed by atoms with Crippen LogP contribution in [0.15, 0.2) is 30.3 Å². The molecule has 0 heterocycles. The second kappa shape index (κ2) is 5.86. The smallest absolute Gasteiger partial charge is 0.326 e. The van der Waals surface area contributed by atoms with Crippen molar-refractivity contribution in [1.82, 2.24) is 10.1 Å². The number of hydrogen-bond donors (Lipinski definition) is 0. The van der Waals surface area contributed by atoms with Crippen molar-refractivity contribution in [1.29, 1.82) is 0 Å². The van der Waals surface area contributed by atoms with E-state index in [1.807, 2.05) is 0 Å². The van der Waals surface area contributed by atoms with E-state index in [0.29, 0.717) is 10.8 Å². The quantitative estimate of drug-likeness (QED) is 0.729. The molecule has 0 bridgehead atoms. The van der Waals surface area contributed by atoms with E-state index in [2.05, 4.69) is 4.84 Å².